The first-order valence-corrected chi connectivity index (χ1v) is 5.90. The molecule has 5 heteroatoms. The van der Waals surface area contributed by atoms with Crippen molar-refractivity contribution in [2.45, 2.75) is 39.3 Å². The summed E-state index contributed by atoms with van der Waals surface area (Å²) in [5.41, 5.74) is 0. The molecule has 1 aliphatic heterocycles. The molecule has 2 heterocycles. The molecule has 1 aromatic heterocycles. The van der Waals surface area contributed by atoms with Crippen molar-refractivity contribution in [3.05, 3.63) is 12.2 Å². The first-order valence-electron chi connectivity index (χ1n) is 5.90. The molecule has 0 saturated carbocycles. The zero-order valence-corrected chi connectivity index (χ0v) is 9.72. The lowest BCUT2D eigenvalue weighted by Crippen LogP contribution is -2.35. The quantitative estimate of drug-likeness (QED) is 0.758. The predicted octanol–water partition coefficient (Wildman–Crippen LogP) is 0.853. The second-order valence-electron chi connectivity index (χ2n) is 4.25. The molecule has 0 unspecified atom stereocenters. The van der Waals surface area contributed by atoms with Gasteiger partial charge in [-0.3, -0.25) is 9.69 Å². The summed E-state index contributed by atoms with van der Waals surface area (Å²) in [7, 11) is 0. The first kappa shape index (κ1) is 11.3. The summed E-state index contributed by atoms with van der Waals surface area (Å²) >= 11 is 0. The highest BCUT2D eigenvalue weighted by Gasteiger charge is 2.18. The summed E-state index contributed by atoms with van der Waals surface area (Å²) in [6.45, 7) is 5.32. The Kier molecular flexibility index (Phi) is 3.66. The minimum absolute atomic E-state index is 0.341. The van der Waals surface area contributed by atoms with E-state index in [1.807, 2.05) is 4.68 Å². The number of hydrogen-bond acceptors (Lipinski definition) is 4. The van der Waals surface area contributed by atoms with Crippen LogP contribution in [-0.4, -0.2) is 38.5 Å². The fourth-order valence-corrected chi connectivity index (χ4v) is 2.05. The van der Waals surface area contributed by atoms with Gasteiger partial charge in [0, 0.05) is 13.0 Å². The summed E-state index contributed by atoms with van der Waals surface area (Å²) in [5, 5.41) is 4.18. The third-order valence-electron chi connectivity index (χ3n) is 2.83. The van der Waals surface area contributed by atoms with E-state index >= 15 is 0 Å². The molecule has 88 valence electrons. The molecule has 0 amide bonds. The van der Waals surface area contributed by atoms with Gasteiger partial charge in [-0.15, -0.1) is 0 Å². The number of aromatic nitrogens is 3. The SMILES string of the molecule is CCCn1ncnc1CN1CCCC(=O)C1. The Balaban J connectivity index is 1.97. The molecule has 0 N–H and O–H groups in total. The van der Waals surface area contributed by atoms with Crippen LogP contribution in [0.1, 0.15) is 32.0 Å². The zero-order chi connectivity index (χ0) is 11.4. The van der Waals surface area contributed by atoms with Crippen molar-refractivity contribution in [3.63, 3.8) is 0 Å². The second kappa shape index (κ2) is 5.21. The van der Waals surface area contributed by atoms with E-state index in [2.05, 4.69) is 21.9 Å². The molecule has 0 spiro atoms. The van der Waals surface area contributed by atoms with Crippen molar-refractivity contribution in [1.82, 2.24) is 19.7 Å². The standard InChI is InChI=1S/C11H18N4O/c1-2-5-15-11(12-9-13-15)8-14-6-3-4-10(16)7-14/h9H,2-8H2,1H3. The van der Waals surface area contributed by atoms with E-state index in [-0.39, 0.29) is 0 Å². The molecule has 0 atom stereocenters. The van der Waals surface area contributed by atoms with Gasteiger partial charge in [-0.25, -0.2) is 9.67 Å². The largest absolute Gasteiger partial charge is 0.298 e. The summed E-state index contributed by atoms with van der Waals surface area (Å²) in [4.78, 5) is 17.7. The van der Waals surface area contributed by atoms with Crippen molar-refractivity contribution in [2.24, 2.45) is 0 Å². The Morgan fingerprint density at radius 1 is 1.50 bits per heavy atom. The number of nitrogens with zero attached hydrogens (tertiary/aromatic N) is 4. The van der Waals surface area contributed by atoms with Crippen LogP contribution in [0.5, 0.6) is 0 Å². The van der Waals surface area contributed by atoms with Crippen LogP contribution < -0.4 is 0 Å². The zero-order valence-electron chi connectivity index (χ0n) is 9.72. The Bertz CT molecular complexity index is 361. The minimum Gasteiger partial charge on any atom is -0.298 e. The van der Waals surface area contributed by atoms with Crippen molar-refractivity contribution in [2.75, 3.05) is 13.1 Å². The molecule has 1 fully saturated rings. The third-order valence-corrected chi connectivity index (χ3v) is 2.83. The van der Waals surface area contributed by atoms with Gasteiger partial charge in [0.05, 0.1) is 13.1 Å². The number of aryl methyl sites for hydroxylation is 1. The first-order chi connectivity index (χ1) is 7.79. The Morgan fingerprint density at radius 3 is 3.12 bits per heavy atom. The van der Waals surface area contributed by atoms with Gasteiger partial charge in [0.2, 0.25) is 0 Å². The lowest BCUT2D eigenvalue weighted by molar-refractivity contribution is -0.122. The molecule has 0 radical (unpaired) electrons. The van der Waals surface area contributed by atoms with E-state index in [1.54, 1.807) is 6.33 Å². The fourth-order valence-electron chi connectivity index (χ4n) is 2.05. The summed E-state index contributed by atoms with van der Waals surface area (Å²) in [6, 6.07) is 0. The van der Waals surface area contributed by atoms with Crippen LogP contribution in [0.4, 0.5) is 0 Å². The average Bonchev–Trinajstić information content (AvgIpc) is 2.66. The van der Waals surface area contributed by atoms with Gasteiger partial charge in [0.1, 0.15) is 17.9 Å². The fraction of sp³-hybridized carbons (Fsp3) is 0.727. The topological polar surface area (TPSA) is 51.0 Å². The van der Waals surface area contributed by atoms with E-state index in [1.165, 1.54) is 0 Å². The molecule has 0 aromatic carbocycles. The van der Waals surface area contributed by atoms with Gasteiger partial charge >= 0.3 is 0 Å². The molecule has 2 rings (SSSR count). The van der Waals surface area contributed by atoms with Gasteiger partial charge < -0.3 is 0 Å². The van der Waals surface area contributed by atoms with Gasteiger partial charge in [0.25, 0.3) is 0 Å². The van der Waals surface area contributed by atoms with Crippen molar-refractivity contribution in [3.8, 4) is 0 Å². The number of piperidine rings is 1. The van der Waals surface area contributed by atoms with Crippen LogP contribution in [0.2, 0.25) is 0 Å². The van der Waals surface area contributed by atoms with E-state index in [0.717, 1.165) is 44.7 Å². The highest BCUT2D eigenvalue weighted by molar-refractivity contribution is 5.81. The number of carbonyl (C=O) groups is 1. The predicted molar refractivity (Wildman–Crippen MR) is 59.8 cm³/mol. The number of rotatable bonds is 4. The minimum atomic E-state index is 0.341. The van der Waals surface area contributed by atoms with Gasteiger partial charge in [-0.05, 0) is 19.4 Å². The highest BCUT2D eigenvalue weighted by atomic mass is 16.1. The highest BCUT2D eigenvalue weighted by Crippen LogP contribution is 2.09. The lowest BCUT2D eigenvalue weighted by atomic mass is 10.1. The number of likely N-dealkylation sites (tertiary alicyclic amines) is 1. The molecule has 5 nitrogen and oxygen atoms in total. The maximum Gasteiger partial charge on any atom is 0.146 e. The number of Topliss-reactive ketones (excluding diaryl/α,β-unsaturated/α-hetero) is 1. The van der Waals surface area contributed by atoms with Gasteiger partial charge in [-0.2, -0.15) is 5.10 Å². The molecule has 16 heavy (non-hydrogen) atoms. The monoisotopic (exact) mass is 222 g/mol. The van der Waals surface area contributed by atoms with Crippen LogP contribution in [0.25, 0.3) is 0 Å². The Hall–Kier alpha value is -1.23. The van der Waals surface area contributed by atoms with Crippen LogP contribution in [0.3, 0.4) is 0 Å². The summed E-state index contributed by atoms with van der Waals surface area (Å²) in [5.74, 6) is 1.31. The molecular weight excluding hydrogens is 204 g/mol. The van der Waals surface area contributed by atoms with Crippen molar-refractivity contribution in [1.29, 1.82) is 0 Å². The van der Waals surface area contributed by atoms with Crippen LogP contribution >= 0.6 is 0 Å². The van der Waals surface area contributed by atoms with E-state index < -0.39 is 0 Å². The molecular formula is C11H18N4O. The average molecular weight is 222 g/mol. The Labute approximate surface area is 95.5 Å². The molecule has 1 saturated heterocycles. The molecule has 1 aliphatic rings. The molecule has 1 aromatic rings. The third kappa shape index (κ3) is 2.66. The molecule has 0 bridgehead atoms. The maximum absolute atomic E-state index is 11.3. The van der Waals surface area contributed by atoms with Crippen molar-refractivity contribution < 1.29 is 4.79 Å². The number of carbonyl (C=O) groups excluding carboxylic acids is 1. The van der Waals surface area contributed by atoms with E-state index in [4.69, 9.17) is 0 Å². The van der Waals surface area contributed by atoms with Gasteiger partial charge in [-0.1, -0.05) is 6.92 Å². The smallest absolute Gasteiger partial charge is 0.146 e. The van der Waals surface area contributed by atoms with Crippen LogP contribution in [0, 0.1) is 0 Å². The lowest BCUT2D eigenvalue weighted by Gasteiger charge is -2.24. The Morgan fingerprint density at radius 2 is 2.38 bits per heavy atom. The van der Waals surface area contributed by atoms with Gasteiger partial charge in [0.15, 0.2) is 0 Å². The van der Waals surface area contributed by atoms with E-state index in [9.17, 15) is 4.79 Å². The summed E-state index contributed by atoms with van der Waals surface area (Å²) in [6.07, 6.45) is 4.35. The summed E-state index contributed by atoms with van der Waals surface area (Å²) < 4.78 is 1.93. The maximum atomic E-state index is 11.3. The second-order valence-corrected chi connectivity index (χ2v) is 4.25. The van der Waals surface area contributed by atoms with E-state index in [0.29, 0.717) is 12.3 Å². The van der Waals surface area contributed by atoms with Crippen molar-refractivity contribution >= 4 is 5.78 Å². The normalized spacial score (nSPS) is 17.9. The van der Waals surface area contributed by atoms with Crippen LogP contribution in [-0.2, 0) is 17.9 Å². The number of ketones is 1. The molecule has 0 aliphatic carbocycles. The number of hydrogen-bond donors (Lipinski definition) is 0. The van der Waals surface area contributed by atoms with Crippen LogP contribution in [0.15, 0.2) is 6.33 Å².